The van der Waals surface area contributed by atoms with Crippen LogP contribution in [-0.2, 0) is 109 Å². The molecule has 2 heterocycles. The molecule has 0 aromatic heterocycles. The Bertz CT molecular complexity index is 3780. The van der Waals surface area contributed by atoms with Crippen molar-refractivity contribution in [2.75, 3.05) is 78.7 Å². The summed E-state index contributed by atoms with van der Waals surface area (Å²) in [7, 11) is 2.77. The van der Waals surface area contributed by atoms with E-state index < -0.39 is 132 Å². The van der Waals surface area contributed by atoms with E-state index in [2.05, 4.69) is 37.2 Å². The molecule has 0 aliphatic carbocycles. The van der Waals surface area contributed by atoms with Gasteiger partial charge in [-0.3, -0.25) is 62.4 Å². The molecule has 11 atom stereocenters. The molecule has 1 saturated heterocycles. The maximum absolute atomic E-state index is 14.7. The van der Waals surface area contributed by atoms with E-state index in [4.69, 9.17) is 38.9 Å². The number of carbonyl (C=O) groups is 15. The number of hydrogen-bond acceptors (Lipinski definition) is 22. The number of urea groups is 1. The third-order valence-corrected chi connectivity index (χ3v) is 20.8. The number of nitrogens with two attached hydrogens (primary N) is 1. The first-order chi connectivity index (χ1) is 56.9. The van der Waals surface area contributed by atoms with Crippen LogP contribution < -0.4 is 47.7 Å². The summed E-state index contributed by atoms with van der Waals surface area (Å²) in [6, 6.07) is 5.45. The number of carbonyl (C=O) groups excluding carboxylic acids is 15. The van der Waals surface area contributed by atoms with Crippen LogP contribution in [0.4, 0.5) is 10.5 Å². The fourth-order valence-corrected chi connectivity index (χ4v) is 13.1. The predicted octanol–water partition coefficient (Wildman–Crippen LogP) is 7.27. The Morgan fingerprint density at radius 3 is 1.88 bits per heavy atom. The molecule has 2 aliphatic heterocycles. The number of cyclic esters (lactones) is 2. The lowest BCUT2D eigenvalue weighted by atomic mass is 9.93. The molecule has 4 rings (SSSR count). The van der Waals surface area contributed by atoms with Gasteiger partial charge in [0.25, 0.3) is 5.91 Å². The van der Waals surface area contributed by atoms with Crippen molar-refractivity contribution < 1.29 is 105 Å². The molecule has 9 N–H and O–H groups in total. The molecule has 668 valence electrons. The Hall–Kier alpha value is -10.2. The minimum atomic E-state index is -1.28. The molecule has 2 unspecified atom stereocenters. The largest absolute Gasteiger partial charge is 0.461 e. The first kappa shape index (κ1) is 102. The molecule has 2 aromatic rings. The Labute approximate surface area is 706 Å². The topological polar surface area (TPSA) is 441 Å². The highest BCUT2D eigenvalue weighted by Gasteiger charge is 2.39. The van der Waals surface area contributed by atoms with Gasteiger partial charge in [-0.25, -0.2) is 14.4 Å². The van der Waals surface area contributed by atoms with Gasteiger partial charge in [0, 0.05) is 89.7 Å². The quantitative estimate of drug-likeness (QED) is 0.00808. The number of benzene rings is 2. The zero-order valence-electron chi connectivity index (χ0n) is 73.0. The van der Waals surface area contributed by atoms with E-state index in [1.54, 1.807) is 89.2 Å². The highest BCUT2D eigenvalue weighted by atomic mass is 16.6. The van der Waals surface area contributed by atoms with Gasteiger partial charge in [0.2, 0.25) is 53.2 Å². The Balaban J connectivity index is 1.19. The molecule has 0 radical (unpaired) electrons. The van der Waals surface area contributed by atoms with Crippen molar-refractivity contribution >= 4 is 94.7 Å². The summed E-state index contributed by atoms with van der Waals surface area (Å²) in [5.41, 5.74) is 7.84. The van der Waals surface area contributed by atoms with Crippen molar-refractivity contribution in [2.24, 2.45) is 35.3 Å². The summed E-state index contributed by atoms with van der Waals surface area (Å²) in [4.78, 5) is 203. The lowest BCUT2D eigenvalue weighted by Crippen LogP contribution is -2.57. The van der Waals surface area contributed by atoms with E-state index in [0.717, 1.165) is 10.5 Å². The number of likely N-dealkylation sites (N-methyl/N-ethyl adjacent to an activating group) is 2. The van der Waals surface area contributed by atoms with Crippen molar-refractivity contribution in [3.63, 3.8) is 0 Å². The number of ether oxygens (including phenoxy) is 7. The average molecular weight is 1690 g/mol. The van der Waals surface area contributed by atoms with Crippen molar-refractivity contribution in [3.8, 4) is 5.75 Å². The summed E-state index contributed by atoms with van der Waals surface area (Å²) in [6.07, 6.45) is 7.67. The van der Waals surface area contributed by atoms with E-state index in [0.29, 0.717) is 127 Å². The number of allylic oxidation sites excluding steroid dienone is 2. The molecular weight excluding hydrogens is 1550 g/mol. The first-order valence-electron chi connectivity index (χ1n) is 42.1. The molecule has 0 saturated carbocycles. The van der Waals surface area contributed by atoms with Crippen LogP contribution in [0.3, 0.4) is 0 Å². The van der Waals surface area contributed by atoms with E-state index in [1.165, 1.54) is 37.7 Å². The standard InChI is InChI=1S/C87H133N11O22/c1-16-56(7)76-81(107)91-62(13)86(112)120-77(57(8)17-2)58(9)27-25-28-59(10)85(111)119-69(49-54(3)4)79(105)90-61(12)83(109)97(15)68(84(110)96(14)52-71(100)95-76)51-63-35-39-66(40-36-63)118-74(103)32-21-24-44-115-46-48-116-47-45-114-43-23-20-31-73(102)117-53-64-33-37-65(38-34-64)92-78(104)67(29-26-41-89-87(88)113)93-80(106)75(55(5)6)94-70(99)30-19-18-22-42-98-72(101)50-60(11)82(98)108/h17,28,33-40,54-56,58,60-62,67-69,75-77H,16,18-27,29-32,41-53H2,1-15H3,(H,90,105)(H,91,107)(H,92,104)(H,93,106)(H,94,99)(H,95,100)(H3,88,89,113)/b57-17+,59-28+/t56?,58-,60?,61-,62+,67-,68+,69+,75-,76-,77+/m0/s1. The number of rotatable bonds is 42. The minimum Gasteiger partial charge on any atom is -0.461 e. The third kappa shape index (κ3) is 37.2. The smallest absolute Gasteiger partial charge is 0.334 e. The van der Waals surface area contributed by atoms with Crippen molar-refractivity contribution in [1.29, 1.82) is 0 Å². The zero-order chi connectivity index (χ0) is 89.1. The second-order valence-corrected chi connectivity index (χ2v) is 31.9. The number of amides is 12. The van der Waals surface area contributed by atoms with Gasteiger partial charge in [-0.15, -0.1) is 0 Å². The summed E-state index contributed by atoms with van der Waals surface area (Å²) in [5, 5.41) is 18.9. The second kappa shape index (κ2) is 54.2. The highest BCUT2D eigenvalue weighted by Crippen LogP contribution is 2.26. The molecule has 33 nitrogen and oxygen atoms in total. The zero-order valence-corrected chi connectivity index (χ0v) is 73.0. The van der Waals surface area contributed by atoms with Gasteiger partial charge >= 0.3 is 29.9 Å². The van der Waals surface area contributed by atoms with E-state index in [-0.39, 0.29) is 117 Å². The van der Waals surface area contributed by atoms with Crippen molar-refractivity contribution in [2.45, 2.75) is 261 Å². The molecule has 120 heavy (non-hydrogen) atoms. The van der Waals surface area contributed by atoms with E-state index in [1.807, 2.05) is 47.6 Å². The maximum Gasteiger partial charge on any atom is 0.334 e. The van der Waals surface area contributed by atoms with Crippen LogP contribution in [0.5, 0.6) is 5.75 Å². The van der Waals surface area contributed by atoms with Gasteiger partial charge in [-0.1, -0.05) is 105 Å². The molecular formula is C87H133N11O22. The molecule has 1 fully saturated rings. The van der Waals surface area contributed by atoms with Gasteiger partial charge in [-0.05, 0) is 170 Å². The van der Waals surface area contributed by atoms with Gasteiger partial charge in [0.1, 0.15) is 54.7 Å². The Morgan fingerprint density at radius 1 is 0.675 bits per heavy atom. The normalized spacial score (nSPS) is 21.1. The first-order valence-corrected chi connectivity index (χ1v) is 42.1. The van der Waals surface area contributed by atoms with Crippen LogP contribution >= 0.6 is 0 Å². The van der Waals surface area contributed by atoms with E-state index in [9.17, 15) is 71.9 Å². The van der Waals surface area contributed by atoms with Crippen LogP contribution in [0.1, 0.15) is 210 Å². The Morgan fingerprint density at radius 2 is 1.28 bits per heavy atom. The number of imide groups is 1. The summed E-state index contributed by atoms with van der Waals surface area (Å²) >= 11 is 0. The van der Waals surface area contributed by atoms with Crippen LogP contribution in [0.2, 0.25) is 0 Å². The monoisotopic (exact) mass is 1680 g/mol. The molecule has 0 bridgehead atoms. The maximum atomic E-state index is 14.7. The second-order valence-electron chi connectivity index (χ2n) is 31.9. The van der Waals surface area contributed by atoms with Gasteiger partial charge in [-0.2, -0.15) is 0 Å². The number of esters is 4. The van der Waals surface area contributed by atoms with Crippen LogP contribution in [0.25, 0.3) is 0 Å². The third-order valence-electron chi connectivity index (χ3n) is 20.8. The summed E-state index contributed by atoms with van der Waals surface area (Å²) in [5.74, 6) is -8.81. The number of nitrogens with zero attached hydrogens (tertiary/aromatic N) is 3. The molecule has 2 aromatic carbocycles. The average Bonchev–Trinajstić information content (AvgIpc) is 1.21. The van der Waals surface area contributed by atoms with Gasteiger partial charge in [0.15, 0.2) is 6.10 Å². The van der Waals surface area contributed by atoms with Crippen molar-refractivity contribution in [1.82, 2.24) is 46.6 Å². The summed E-state index contributed by atoms with van der Waals surface area (Å²) < 4.78 is 39.8. The van der Waals surface area contributed by atoms with Crippen LogP contribution in [-0.4, -0.2) is 226 Å². The SMILES string of the molecule is C/C=C(\C)[C@H]1OC(=O)[C@@H](C)NC(=O)[C@H](C(C)CC)NC(=O)CN(C)C(=O)[C@@H](Cc2ccc(OC(=O)CCCCOCCOCCOCCCCC(=O)OCc3ccc(NC(=O)[C@H](CCCNC(N)=O)NC(=O)[C@@H](NC(=O)CCCCCN4C(=O)CC(C)C4=O)C(C)C)cc3)cc2)N(C)C(=O)[C@H](C)NC(=O)[C@@H](CC(C)C)OC(=O)/C(C)=C/CC[C@@H]1C. The van der Waals surface area contributed by atoms with Crippen LogP contribution in [0.15, 0.2) is 71.8 Å². The Kier molecular flexibility index (Phi) is 46.2. The number of likely N-dealkylation sites (tertiary alicyclic amines) is 1. The highest BCUT2D eigenvalue weighted by molar-refractivity contribution is 6.03. The number of unbranched alkanes of at least 4 members (excludes halogenated alkanes) is 4. The molecule has 2 aliphatic rings. The van der Waals surface area contributed by atoms with E-state index >= 15 is 0 Å². The number of anilines is 1. The molecule has 0 spiro atoms. The fraction of sp³-hybridized carbons (Fsp3) is 0.644. The van der Waals surface area contributed by atoms with Gasteiger partial charge < -0.3 is 85.9 Å². The summed E-state index contributed by atoms with van der Waals surface area (Å²) in [6.45, 7) is 24.6. The van der Waals surface area contributed by atoms with Crippen molar-refractivity contribution in [3.05, 3.63) is 83.0 Å². The number of nitrogens with one attached hydrogen (secondary N) is 7. The molecule has 12 amide bonds. The fourth-order valence-electron chi connectivity index (χ4n) is 13.1. The predicted molar refractivity (Wildman–Crippen MR) is 447 cm³/mol. The molecule has 33 heteroatoms. The minimum absolute atomic E-state index is 0.00738. The van der Waals surface area contributed by atoms with Crippen LogP contribution in [0, 0.1) is 29.6 Å². The van der Waals surface area contributed by atoms with Gasteiger partial charge in [0.05, 0.1) is 33.0 Å². The lowest BCUT2D eigenvalue weighted by molar-refractivity contribution is -0.154. The lowest BCUT2D eigenvalue weighted by Gasteiger charge is -2.33. The number of hydrogen-bond donors (Lipinski definition) is 8. The number of primary amides is 1.